The average molecular weight is 314 g/mol. The lowest BCUT2D eigenvalue weighted by molar-refractivity contribution is -0.121. The van der Waals surface area contributed by atoms with Gasteiger partial charge in [0.1, 0.15) is 0 Å². The van der Waals surface area contributed by atoms with Gasteiger partial charge in [-0.1, -0.05) is 0 Å². The quantitative estimate of drug-likeness (QED) is 0.679. The van der Waals surface area contributed by atoms with Crippen LogP contribution in [0.15, 0.2) is 17.2 Å². The molecule has 2 heterocycles. The average Bonchev–Trinajstić information content (AvgIpc) is 2.92. The lowest BCUT2D eigenvalue weighted by Crippen LogP contribution is -2.22. The first-order valence-electron chi connectivity index (χ1n) is 6.46. The van der Waals surface area contributed by atoms with E-state index in [1.165, 1.54) is 4.88 Å². The lowest BCUT2D eigenvalue weighted by Gasteiger charge is -2.06. The molecule has 1 aromatic rings. The fraction of sp³-hybridized carbons (Fsp3) is 0.538. The van der Waals surface area contributed by atoms with Gasteiger partial charge in [0.2, 0.25) is 5.91 Å². The smallest absolute Gasteiger partial charge is 0.240 e. The van der Waals surface area contributed by atoms with Gasteiger partial charge in [-0.3, -0.25) is 4.79 Å². The Morgan fingerprint density at radius 1 is 1.50 bits per heavy atom. The number of rotatable bonds is 4. The molecule has 1 aliphatic rings. The molecule has 0 aliphatic carbocycles. The van der Waals surface area contributed by atoms with Crippen LogP contribution in [0, 0.1) is 12.8 Å². The summed E-state index contributed by atoms with van der Waals surface area (Å²) in [4.78, 5) is 14.0. The second-order valence-corrected chi connectivity index (χ2v) is 8.63. The predicted molar refractivity (Wildman–Crippen MR) is 80.8 cm³/mol. The van der Waals surface area contributed by atoms with Gasteiger partial charge in [-0.05, 0) is 38.3 Å². The number of aryl methyl sites for hydroxylation is 1. The van der Waals surface area contributed by atoms with E-state index in [0.717, 1.165) is 10.6 Å². The van der Waals surface area contributed by atoms with E-state index in [1.54, 1.807) is 11.3 Å². The van der Waals surface area contributed by atoms with Crippen molar-refractivity contribution in [3.8, 4) is 0 Å². The van der Waals surface area contributed by atoms with Crippen molar-refractivity contribution in [2.24, 2.45) is 11.0 Å². The molecular formula is C13H18N2O3S2. The Balaban J connectivity index is 1.86. The van der Waals surface area contributed by atoms with Crippen molar-refractivity contribution < 1.29 is 13.2 Å². The van der Waals surface area contributed by atoms with Crippen LogP contribution < -0.4 is 5.43 Å². The summed E-state index contributed by atoms with van der Waals surface area (Å²) < 4.78 is 22.6. The van der Waals surface area contributed by atoms with Crippen LogP contribution in [0.4, 0.5) is 0 Å². The van der Waals surface area contributed by atoms with Gasteiger partial charge in [0.05, 0.1) is 22.1 Å². The summed E-state index contributed by atoms with van der Waals surface area (Å²) in [6.45, 7) is 3.85. The molecule has 0 radical (unpaired) electrons. The molecule has 20 heavy (non-hydrogen) atoms. The van der Waals surface area contributed by atoms with Crippen molar-refractivity contribution in [3.05, 3.63) is 21.9 Å². The molecule has 1 amide bonds. The first kappa shape index (κ1) is 15.2. The number of amides is 1. The minimum absolute atomic E-state index is 0.0699. The summed E-state index contributed by atoms with van der Waals surface area (Å²) in [6, 6.07) is 3.97. The number of sulfone groups is 1. The maximum Gasteiger partial charge on any atom is 0.240 e. The Morgan fingerprint density at radius 3 is 2.80 bits per heavy atom. The van der Waals surface area contributed by atoms with Crippen molar-refractivity contribution in [2.45, 2.75) is 26.7 Å². The third-order valence-corrected chi connectivity index (χ3v) is 6.19. The van der Waals surface area contributed by atoms with Crippen LogP contribution in [-0.2, 0) is 14.6 Å². The molecule has 1 N–H and O–H groups in total. The van der Waals surface area contributed by atoms with Crippen LogP contribution in [0.2, 0.25) is 0 Å². The van der Waals surface area contributed by atoms with Gasteiger partial charge >= 0.3 is 0 Å². The molecule has 0 bridgehead atoms. The molecule has 1 saturated heterocycles. The third kappa shape index (κ3) is 4.14. The molecule has 2 rings (SSSR count). The Bertz CT molecular complexity index is 632. The van der Waals surface area contributed by atoms with E-state index < -0.39 is 9.84 Å². The van der Waals surface area contributed by atoms with Gasteiger partial charge in [0.25, 0.3) is 0 Å². The van der Waals surface area contributed by atoms with E-state index in [2.05, 4.69) is 10.5 Å². The molecule has 1 fully saturated rings. The molecule has 5 nitrogen and oxygen atoms in total. The minimum atomic E-state index is -2.93. The van der Waals surface area contributed by atoms with Crippen LogP contribution in [0.3, 0.4) is 0 Å². The number of carbonyl (C=O) groups excluding carboxylic acids is 1. The summed E-state index contributed by atoms with van der Waals surface area (Å²) in [5, 5.41) is 4.06. The van der Waals surface area contributed by atoms with Crippen molar-refractivity contribution in [1.82, 2.24) is 5.43 Å². The first-order chi connectivity index (χ1) is 9.35. The number of nitrogens with zero attached hydrogens (tertiary/aromatic N) is 1. The van der Waals surface area contributed by atoms with Crippen molar-refractivity contribution >= 4 is 32.8 Å². The van der Waals surface area contributed by atoms with Crippen LogP contribution in [0.1, 0.15) is 29.5 Å². The SMILES string of the molecule is C/C(=N/NC(=O)C[C@H]1CCS(=O)(=O)C1)c1ccc(C)s1. The lowest BCUT2D eigenvalue weighted by atomic mass is 10.1. The zero-order valence-electron chi connectivity index (χ0n) is 11.5. The Kier molecular flexibility index (Phi) is 4.59. The van der Waals surface area contributed by atoms with Crippen molar-refractivity contribution in [1.29, 1.82) is 0 Å². The summed E-state index contributed by atoms with van der Waals surface area (Å²) in [6.07, 6.45) is 0.794. The highest BCUT2D eigenvalue weighted by atomic mass is 32.2. The molecule has 0 spiro atoms. The van der Waals surface area contributed by atoms with Crippen LogP contribution in [0.25, 0.3) is 0 Å². The molecular weight excluding hydrogens is 296 g/mol. The molecule has 1 aliphatic heterocycles. The maximum absolute atomic E-state index is 11.7. The number of hydrazone groups is 1. The van der Waals surface area contributed by atoms with Gasteiger partial charge in [-0.2, -0.15) is 5.10 Å². The maximum atomic E-state index is 11.7. The molecule has 7 heteroatoms. The third-order valence-electron chi connectivity index (χ3n) is 3.25. The molecule has 0 aromatic carbocycles. The molecule has 0 unspecified atom stereocenters. The summed E-state index contributed by atoms with van der Waals surface area (Å²) in [5.74, 6) is 0.0220. The zero-order valence-corrected chi connectivity index (χ0v) is 13.2. The Labute approximate surface area is 123 Å². The fourth-order valence-corrected chi connectivity index (χ4v) is 4.85. The number of hydrogen-bond donors (Lipinski definition) is 1. The summed E-state index contributed by atoms with van der Waals surface area (Å²) in [5.41, 5.74) is 3.26. The molecule has 1 aromatic heterocycles. The van der Waals surface area contributed by atoms with E-state index in [-0.39, 0.29) is 29.8 Å². The topological polar surface area (TPSA) is 75.6 Å². The summed E-state index contributed by atoms with van der Waals surface area (Å²) >= 11 is 1.62. The van der Waals surface area contributed by atoms with Crippen molar-refractivity contribution in [2.75, 3.05) is 11.5 Å². The zero-order chi connectivity index (χ0) is 14.8. The van der Waals surface area contributed by atoms with E-state index >= 15 is 0 Å². The van der Waals surface area contributed by atoms with E-state index in [0.29, 0.717) is 6.42 Å². The number of thiophene rings is 1. The van der Waals surface area contributed by atoms with E-state index in [1.807, 2.05) is 26.0 Å². The van der Waals surface area contributed by atoms with Gasteiger partial charge < -0.3 is 0 Å². The molecule has 0 saturated carbocycles. The van der Waals surface area contributed by atoms with Crippen LogP contribution >= 0.6 is 11.3 Å². The molecule has 110 valence electrons. The Hall–Kier alpha value is -1.21. The largest absolute Gasteiger partial charge is 0.273 e. The van der Waals surface area contributed by atoms with Gasteiger partial charge in [0.15, 0.2) is 9.84 Å². The Morgan fingerprint density at radius 2 is 2.25 bits per heavy atom. The highest BCUT2D eigenvalue weighted by molar-refractivity contribution is 7.91. The number of nitrogens with one attached hydrogen (secondary N) is 1. The first-order valence-corrected chi connectivity index (χ1v) is 9.10. The van der Waals surface area contributed by atoms with Crippen LogP contribution in [-0.4, -0.2) is 31.5 Å². The second-order valence-electron chi connectivity index (χ2n) is 5.12. The monoisotopic (exact) mass is 314 g/mol. The highest BCUT2D eigenvalue weighted by Gasteiger charge is 2.29. The van der Waals surface area contributed by atoms with Gasteiger partial charge in [0, 0.05) is 11.3 Å². The van der Waals surface area contributed by atoms with Crippen molar-refractivity contribution in [3.63, 3.8) is 0 Å². The minimum Gasteiger partial charge on any atom is -0.273 e. The normalized spacial score (nSPS) is 21.9. The fourth-order valence-electron chi connectivity index (χ4n) is 2.17. The predicted octanol–water partition coefficient (Wildman–Crippen LogP) is 1.72. The molecule has 1 atom stereocenters. The summed E-state index contributed by atoms with van der Waals surface area (Å²) in [7, 11) is -2.93. The highest BCUT2D eigenvalue weighted by Crippen LogP contribution is 2.21. The number of carbonyl (C=O) groups is 1. The number of hydrogen-bond acceptors (Lipinski definition) is 5. The van der Waals surface area contributed by atoms with Crippen LogP contribution in [0.5, 0.6) is 0 Å². The van der Waals surface area contributed by atoms with E-state index in [4.69, 9.17) is 0 Å². The van der Waals surface area contributed by atoms with Gasteiger partial charge in [-0.25, -0.2) is 13.8 Å². The standard InChI is InChI=1S/C13H18N2O3S2/c1-9-3-4-12(19-9)10(2)14-15-13(16)7-11-5-6-20(17,18)8-11/h3-4,11H,5-8H2,1-2H3,(H,15,16)/b14-10-/t11-/m1/s1. The van der Waals surface area contributed by atoms with Gasteiger partial charge in [-0.15, -0.1) is 11.3 Å². The second kappa shape index (κ2) is 6.05. The van der Waals surface area contributed by atoms with E-state index in [9.17, 15) is 13.2 Å².